The van der Waals surface area contributed by atoms with E-state index in [1.165, 1.54) is 0 Å². The van der Waals surface area contributed by atoms with Crippen LogP contribution in [-0.4, -0.2) is 23.7 Å². The molecular weight excluding hydrogens is 238 g/mol. The van der Waals surface area contributed by atoms with Gasteiger partial charge in [-0.3, -0.25) is 4.79 Å². The van der Waals surface area contributed by atoms with Crippen LogP contribution in [0.3, 0.4) is 0 Å². The lowest BCUT2D eigenvalue weighted by atomic mass is 9.63. The van der Waals surface area contributed by atoms with Gasteiger partial charge in [0.25, 0.3) is 0 Å². The molecule has 0 aromatic heterocycles. The van der Waals surface area contributed by atoms with E-state index in [2.05, 4.69) is 5.32 Å². The summed E-state index contributed by atoms with van der Waals surface area (Å²) in [6.07, 6.45) is 2.89. The third kappa shape index (κ3) is 2.66. The highest BCUT2D eigenvalue weighted by Crippen LogP contribution is 2.44. The van der Waals surface area contributed by atoms with E-state index < -0.39 is 0 Å². The van der Waals surface area contributed by atoms with Crippen LogP contribution in [0.2, 0.25) is 0 Å². The van der Waals surface area contributed by atoms with Crippen molar-refractivity contribution in [1.82, 2.24) is 5.32 Å². The first-order valence-corrected chi connectivity index (χ1v) is 7.07. The van der Waals surface area contributed by atoms with Crippen LogP contribution in [-0.2, 0) is 10.2 Å². The number of aliphatic hydroxyl groups is 1. The summed E-state index contributed by atoms with van der Waals surface area (Å²) in [6, 6.07) is 9.83. The number of carbonyl (C=O) groups is 1. The van der Waals surface area contributed by atoms with E-state index in [1.807, 2.05) is 44.2 Å². The van der Waals surface area contributed by atoms with Crippen molar-refractivity contribution in [3.05, 3.63) is 35.9 Å². The molecule has 2 N–H and O–H groups in total. The normalized spacial score (nSPS) is 18.7. The van der Waals surface area contributed by atoms with Gasteiger partial charge in [0.05, 0.1) is 18.1 Å². The number of carbonyl (C=O) groups excluding carboxylic acids is 1. The van der Waals surface area contributed by atoms with E-state index >= 15 is 0 Å². The highest BCUT2D eigenvalue weighted by molar-refractivity contribution is 5.89. The second-order valence-corrected chi connectivity index (χ2v) is 5.81. The molecule has 0 bridgehead atoms. The van der Waals surface area contributed by atoms with Gasteiger partial charge in [-0.05, 0) is 24.3 Å². The molecule has 1 aliphatic carbocycles. The molecule has 1 fully saturated rings. The minimum absolute atomic E-state index is 0.00568. The molecule has 3 heteroatoms. The molecule has 1 aromatic carbocycles. The quantitative estimate of drug-likeness (QED) is 0.854. The summed E-state index contributed by atoms with van der Waals surface area (Å²) in [5.41, 5.74) is 0.725. The molecule has 1 atom stereocenters. The van der Waals surface area contributed by atoms with Gasteiger partial charge in [-0.15, -0.1) is 0 Å². The Hall–Kier alpha value is -1.35. The Morgan fingerprint density at radius 2 is 1.95 bits per heavy atom. The number of hydrogen-bond acceptors (Lipinski definition) is 2. The van der Waals surface area contributed by atoms with Crippen molar-refractivity contribution in [2.24, 2.45) is 5.92 Å². The molecule has 19 heavy (non-hydrogen) atoms. The summed E-state index contributed by atoms with van der Waals surface area (Å²) in [5, 5.41) is 12.4. The highest BCUT2D eigenvalue weighted by atomic mass is 16.3. The minimum atomic E-state index is -0.371. The van der Waals surface area contributed by atoms with Gasteiger partial charge in [0, 0.05) is 0 Å². The second kappa shape index (κ2) is 5.74. The molecule has 0 saturated heterocycles. The Kier molecular flexibility index (Phi) is 4.25. The van der Waals surface area contributed by atoms with E-state index in [9.17, 15) is 9.90 Å². The van der Waals surface area contributed by atoms with Crippen LogP contribution in [0.5, 0.6) is 0 Å². The maximum Gasteiger partial charge on any atom is 0.230 e. The van der Waals surface area contributed by atoms with E-state index in [0.717, 1.165) is 24.8 Å². The Balaban J connectivity index is 2.16. The summed E-state index contributed by atoms with van der Waals surface area (Å²) >= 11 is 0. The van der Waals surface area contributed by atoms with Crippen molar-refractivity contribution in [1.29, 1.82) is 0 Å². The molecule has 0 radical (unpaired) electrons. The first-order valence-electron chi connectivity index (χ1n) is 7.07. The second-order valence-electron chi connectivity index (χ2n) is 5.81. The molecule has 0 spiro atoms. The van der Waals surface area contributed by atoms with Gasteiger partial charge in [0.1, 0.15) is 0 Å². The summed E-state index contributed by atoms with van der Waals surface area (Å²) in [6.45, 7) is 4.02. The molecule has 1 unspecified atom stereocenters. The van der Waals surface area contributed by atoms with Gasteiger partial charge < -0.3 is 10.4 Å². The maximum absolute atomic E-state index is 12.6. The van der Waals surface area contributed by atoms with Crippen LogP contribution in [0.25, 0.3) is 0 Å². The monoisotopic (exact) mass is 261 g/mol. The lowest BCUT2D eigenvalue weighted by Gasteiger charge is -2.42. The van der Waals surface area contributed by atoms with E-state index in [4.69, 9.17) is 0 Å². The average Bonchev–Trinajstić information content (AvgIpc) is 2.35. The Morgan fingerprint density at radius 1 is 1.32 bits per heavy atom. The number of rotatable bonds is 5. The van der Waals surface area contributed by atoms with Gasteiger partial charge in [-0.25, -0.2) is 0 Å². The fourth-order valence-electron chi connectivity index (χ4n) is 2.66. The standard InChI is InChI=1S/C16H23NO2/c1-12(2)14(11-18)17-15(19)16(9-6-10-16)13-7-4-3-5-8-13/h3-5,7-8,12,14,18H,6,9-11H2,1-2H3,(H,17,19). The molecule has 1 aromatic rings. The van der Waals surface area contributed by atoms with Gasteiger partial charge in [0.2, 0.25) is 5.91 Å². The highest BCUT2D eigenvalue weighted by Gasteiger charge is 2.46. The number of nitrogens with one attached hydrogen (secondary N) is 1. The Morgan fingerprint density at radius 3 is 2.37 bits per heavy atom. The first-order chi connectivity index (χ1) is 9.10. The molecule has 2 rings (SSSR count). The van der Waals surface area contributed by atoms with Crippen LogP contribution in [0.4, 0.5) is 0 Å². The third-order valence-corrected chi connectivity index (χ3v) is 4.29. The van der Waals surface area contributed by atoms with Crippen LogP contribution < -0.4 is 5.32 Å². The molecule has 0 aliphatic heterocycles. The zero-order valence-corrected chi connectivity index (χ0v) is 11.7. The summed E-state index contributed by atoms with van der Waals surface area (Å²) < 4.78 is 0. The zero-order valence-electron chi connectivity index (χ0n) is 11.7. The van der Waals surface area contributed by atoms with Crippen LogP contribution in [0.1, 0.15) is 38.7 Å². The smallest absolute Gasteiger partial charge is 0.230 e. The predicted molar refractivity (Wildman–Crippen MR) is 75.8 cm³/mol. The van der Waals surface area contributed by atoms with Crippen molar-refractivity contribution in [2.45, 2.75) is 44.6 Å². The van der Waals surface area contributed by atoms with Crippen LogP contribution >= 0.6 is 0 Å². The first kappa shape index (κ1) is 14.1. The van der Waals surface area contributed by atoms with Gasteiger partial charge in [-0.2, -0.15) is 0 Å². The largest absolute Gasteiger partial charge is 0.394 e. The molecule has 1 amide bonds. The number of benzene rings is 1. The van der Waals surface area contributed by atoms with Crippen molar-refractivity contribution in [3.8, 4) is 0 Å². The fourth-order valence-corrected chi connectivity index (χ4v) is 2.66. The SMILES string of the molecule is CC(C)C(CO)NC(=O)C1(c2ccccc2)CCC1. The van der Waals surface area contributed by atoms with Gasteiger partial charge >= 0.3 is 0 Å². The topological polar surface area (TPSA) is 49.3 Å². The van der Waals surface area contributed by atoms with E-state index in [0.29, 0.717) is 0 Å². The van der Waals surface area contributed by atoms with Crippen molar-refractivity contribution in [2.75, 3.05) is 6.61 Å². The van der Waals surface area contributed by atoms with Crippen molar-refractivity contribution in [3.63, 3.8) is 0 Å². The molecule has 3 nitrogen and oxygen atoms in total. The van der Waals surface area contributed by atoms with E-state index in [-0.39, 0.29) is 29.9 Å². The number of hydrogen-bond donors (Lipinski definition) is 2. The third-order valence-electron chi connectivity index (χ3n) is 4.29. The van der Waals surface area contributed by atoms with E-state index in [1.54, 1.807) is 0 Å². The number of aliphatic hydroxyl groups excluding tert-OH is 1. The zero-order chi connectivity index (χ0) is 13.9. The molecule has 1 aliphatic rings. The lowest BCUT2D eigenvalue weighted by Crippen LogP contribution is -2.54. The average molecular weight is 261 g/mol. The lowest BCUT2D eigenvalue weighted by molar-refractivity contribution is -0.131. The molecular formula is C16H23NO2. The predicted octanol–water partition coefficient (Wildman–Crippen LogP) is 2.24. The fraction of sp³-hybridized carbons (Fsp3) is 0.562. The van der Waals surface area contributed by atoms with Crippen molar-refractivity contribution >= 4 is 5.91 Å². The van der Waals surface area contributed by atoms with Crippen LogP contribution in [0, 0.1) is 5.92 Å². The minimum Gasteiger partial charge on any atom is -0.394 e. The maximum atomic E-state index is 12.6. The molecule has 0 heterocycles. The molecule has 104 valence electrons. The van der Waals surface area contributed by atoms with Crippen LogP contribution in [0.15, 0.2) is 30.3 Å². The van der Waals surface area contributed by atoms with Gasteiger partial charge in [0.15, 0.2) is 0 Å². The Labute approximate surface area is 115 Å². The molecule has 1 saturated carbocycles. The summed E-state index contributed by atoms with van der Waals surface area (Å²) in [7, 11) is 0. The van der Waals surface area contributed by atoms with Gasteiger partial charge in [-0.1, -0.05) is 50.6 Å². The number of amides is 1. The summed E-state index contributed by atoms with van der Waals surface area (Å²) in [5.74, 6) is 0.305. The Bertz CT molecular complexity index is 424. The van der Waals surface area contributed by atoms with Crippen molar-refractivity contribution < 1.29 is 9.90 Å². The summed E-state index contributed by atoms with van der Waals surface area (Å²) in [4.78, 5) is 12.6.